The van der Waals surface area contributed by atoms with Gasteiger partial charge in [-0.25, -0.2) is 19.6 Å². The molecule has 2 aromatic heterocycles. The van der Waals surface area contributed by atoms with Crippen molar-refractivity contribution in [3.63, 3.8) is 0 Å². The van der Waals surface area contributed by atoms with Gasteiger partial charge in [0.25, 0.3) is 0 Å². The topological polar surface area (TPSA) is 121 Å². The normalized spacial score (nSPS) is 10.5. The van der Waals surface area contributed by atoms with Crippen molar-refractivity contribution in [1.29, 1.82) is 0 Å². The molecular formula is C18H21N3O6S. The lowest BCUT2D eigenvalue weighted by Gasteiger charge is -2.11. The van der Waals surface area contributed by atoms with Gasteiger partial charge in [0.1, 0.15) is 16.9 Å². The van der Waals surface area contributed by atoms with E-state index in [2.05, 4.69) is 15.3 Å². The molecular weight excluding hydrogens is 386 g/mol. The van der Waals surface area contributed by atoms with Gasteiger partial charge in [-0.3, -0.25) is 4.79 Å². The quantitative estimate of drug-likeness (QED) is 0.301. The molecule has 9 nitrogen and oxygen atoms in total. The second-order valence-electron chi connectivity index (χ2n) is 5.48. The number of rotatable bonds is 8. The molecule has 0 saturated carbocycles. The molecule has 0 aliphatic rings. The van der Waals surface area contributed by atoms with Crippen LogP contribution in [0.1, 0.15) is 57.6 Å². The van der Waals surface area contributed by atoms with Crippen LogP contribution < -0.4 is 5.32 Å². The molecule has 28 heavy (non-hydrogen) atoms. The van der Waals surface area contributed by atoms with E-state index in [1.54, 1.807) is 27.0 Å². The number of nitrogens with one attached hydrogen (secondary N) is 1. The Kier molecular flexibility index (Phi) is 7.16. The minimum absolute atomic E-state index is 0.0440. The molecule has 0 aliphatic carbocycles. The summed E-state index contributed by atoms with van der Waals surface area (Å²) >= 11 is 1.27. The average Bonchev–Trinajstić information content (AvgIpc) is 2.98. The van der Waals surface area contributed by atoms with Gasteiger partial charge in [-0.1, -0.05) is 11.8 Å². The lowest BCUT2D eigenvalue weighted by Crippen LogP contribution is -2.13. The summed E-state index contributed by atoms with van der Waals surface area (Å²) < 4.78 is 15.7. The van der Waals surface area contributed by atoms with Crippen LogP contribution in [0.15, 0.2) is 15.8 Å². The Balaban J connectivity index is 2.58. The first-order valence-electron chi connectivity index (χ1n) is 8.50. The SMILES string of the molecule is CCOC(=O)c1cnc(SC)nc1Nc1oc(C)c(C(C)=O)c1C(=O)OCC. The maximum absolute atomic E-state index is 12.4. The minimum Gasteiger partial charge on any atom is -0.462 e. The zero-order valence-corrected chi connectivity index (χ0v) is 17.1. The number of nitrogens with zero attached hydrogens (tertiary/aromatic N) is 2. The number of esters is 2. The van der Waals surface area contributed by atoms with Crippen LogP contribution in [0.3, 0.4) is 0 Å². The summed E-state index contributed by atoms with van der Waals surface area (Å²) in [4.78, 5) is 45.0. The molecule has 2 rings (SSSR count). The van der Waals surface area contributed by atoms with Crippen LogP contribution in [-0.2, 0) is 9.47 Å². The van der Waals surface area contributed by atoms with Crippen molar-refractivity contribution in [3.8, 4) is 0 Å². The summed E-state index contributed by atoms with van der Waals surface area (Å²) in [5.74, 6) is -1.41. The van der Waals surface area contributed by atoms with Crippen LogP contribution >= 0.6 is 11.8 Å². The predicted molar refractivity (Wildman–Crippen MR) is 102 cm³/mol. The molecule has 150 valence electrons. The molecule has 2 aromatic rings. The number of carbonyl (C=O) groups excluding carboxylic acids is 3. The zero-order valence-electron chi connectivity index (χ0n) is 16.2. The number of hydrogen-bond donors (Lipinski definition) is 1. The van der Waals surface area contributed by atoms with Crippen LogP contribution in [0.4, 0.5) is 11.7 Å². The zero-order chi connectivity index (χ0) is 20.8. The number of carbonyl (C=O) groups is 3. The van der Waals surface area contributed by atoms with E-state index in [4.69, 9.17) is 13.9 Å². The van der Waals surface area contributed by atoms with E-state index in [1.807, 2.05) is 0 Å². The Labute approximate surface area is 166 Å². The van der Waals surface area contributed by atoms with Gasteiger partial charge < -0.3 is 19.2 Å². The number of aromatic nitrogens is 2. The first kappa shape index (κ1) is 21.4. The maximum Gasteiger partial charge on any atom is 0.344 e. The number of hydrogen-bond acceptors (Lipinski definition) is 10. The highest BCUT2D eigenvalue weighted by molar-refractivity contribution is 7.98. The molecule has 1 N–H and O–H groups in total. The Hall–Kier alpha value is -2.88. The number of ketones is 1. The maximum atomic E-state index is 12.4. The van der Waals surface area contributed by atoms with Crippen molar-refractivity contribution in [3.05, 3.63) is 28.6 Å². The van der Waals surface area contributed by atoms with Gasteiger partial charge in [0.2, 0.25) is 5.88 Å². The molecule has 0 aliphatic heterocycles. The molecule has 2 heterocycles. The fourth-order valence-electron chi connectivity index (χ4n) is 2.48. The molecule has 0 amide bonds. The summed E-state index contributed by atoms with van der Waals surface area (Å²) in [5, 5.41) is 3.22. The predicted octanol–water partition coefficient (Wildman–Crippen LogP) is 3.40. The van der Waals surface area contributed by atoms with E-state index >= 15 is 0 Å². The van der Waals surface area contributed by atoms with E-state index in [0.29, 0.717) is 5.16 Å². The van der Waals surface area contributed by atoms with Gasteiger partial charge in [0.15, 0.2) is 16.8 Å². The lowest BCUT2D eigenvalue weighted by molar-refractivity contribution is 0.0517. The number of anilines is 2. The Morgan fingerprint density at radius 1 is 1.14 bits per heavy atom. The number of Topliss-reactive ketones (excluding diaryl/α,β-unsaturated/α-hetero) is 1. The van der Waals surface area contributed by atoms with Crippen LogP contribution in [-0.4, -0.2) is 47.2 Å². The van der Waals surface area contributed by atoms with Gasteiger partial charge in [0, 0.05) is 6.20 Å². The lowest BCUT2D eigenvalue weighted by atomic mass is 10.1. The molecule has 0 spiro atoms. The third-order valence-corrected chi connectivity index (χ3v) is 4.15. The van der Waals surface area contributed by atoms with Gasteiger partial charge >= 0.3 is 11.9 Å². The molecule has 10 heteroatoms. The Morgan fingerprint density at radius 2 is 1.79 bits per heavy atom. The minimum atomic E-state index is -0.719. The Morgan fingerprint density at radius 3 is 2.36 bits per heavy atom. The van der Waals surface area contributed by atoms with E-state index in [-0.39, 0.29) is 53.1 Å². The van der Waals surface area contributed by atoms with Crippen molar-refractivity contribution >= 4 is 41.2 Å². The smallest absolute Gasteiger partial charge is 0.344 e. The van der Waals surface area contributed by atoms with Crippen LogP contribution in [0.2, 0.25) is 0 Å². The highest BCUT2D eigenvalue weighted by atomic mass is 32.2. The van der Waals surface area contributed by atoms with E-state index in [9.17, 15) is 14.4 Å². The molecule has 0 unspecified atom stereocenters. The van der Waals surface area contributed by atoms with E-state index < -0.39 is 11.9 Å². The van der Waals surface area contributed by atoms with Crippen molar-refractivity contribution in [2.45, 2.75) is 32.9 Å². The third-order valence-electron chi connectivity index (χ3n) is 3.59. The summed E-state index contributed by atoms with van der Waals surface area (Å²) in [7, 11) is 0. The fraction of sp³-hybridized carbons (Fsp3) is 0.389. The average molecular weight is 407 g/mol. The van der Waals surface area contributed by atoms with Gasteiger partial charge in [-0.05, 0) is 34.0 Å². The van der Waals surface area contributed by atoms with Crippen LogP contribution in [0.25, 0.3) is 0 Å². The highest BCUT2D eigenvalue weighted by Gasteiger charge is 2.29. The second kappa shape index (κ2) is 9.36. The van der Waals surface area contributed by atoms with Crippen LogP contribution in [0.5, 0.6) is 0 Å². The fourth-order valence-corrected chi connectivity index (χ4v) is 2.82. The van der Waals surface area contributed by atoms with E-state index in [0.717, 1.165) is 0 Å². The van der Waals surface area contributed by atoms with Crippen molar-refractivity contribution in [2.24, 2.45) is 0 Å². The molecule has 0 bridgehead atoms. The van der Waals surface area contributed by atoms with Crippen molar-refractivity contribution < 1.29 is 28.3 Å². The molecule has 0 aromatic carbocycles. The summed E-state index contributed by atoms with van der Waals surface area (Å²) in [5.41, 5.74) is 0.122. The third kappa shape index (κ3) is 4.50. The first-order chi connectivity index (χ1) is 13.3. The summed E-state index contributed by atoms with van der Waals surface area (Å²) in [6, 6.07) is 0. The van der Waals surface area contributed by atoms with Gasteiger partial charge in [-0.2, -0.15) is 0 Å². The highest BCUT2D eigenvalue weighted by Crippen LogP contribution is 2.32. The van der Waals surface area contributed by atoms with E-state index in [1.165, 1.54) is 24.9 Å². The monoisotopic (exact) mass is 407 g/mol. The largest absolute Gasteiger partial charge is 0.462 e. The Bertz CT molecular complexity index is 909. The first-order valence-corrected chi connectivity index (χ1v) is 9.73. The van der Waals surface area contributed by atoms with Gasteiger partial charge in [0.05, 0.1) is 18.8 Å². The molecule has 0 fully saturated rings. The van der Waals surface area contributed by atoms with Crippen molar-refractivity contribution in [1.82, 2.24) is 9.97 Å². The number of ether oxygens (including phenoxy) is 2. The molecule has 0 atom stereocenters. The van der Waals surface area contributed by atoms with Crippen molar-refractivity contribution in [2.75, 3.05) is 24.8 Å². The standard InChI is InChI=1S/C18H21N3O6S/c1-6-25-16(23)11-8-19-18(28-5)21-14(11)20-15-13(17(24)26-7-2)12(9(3)22)10(4)27-15/h8H,6-7H2,1-5H3,(H,19,20,21). The van der Waals surface area contributed by atoms with Gasteiger partial charge in [-0.15, -0.1) is 0 Å². The summed E-state index contributed by atoms with van der Waals surface area (Å²) in [6.07, 6.45) is 3.10. The number of thioether (sulfide) groups is 1. The number of furan rings is 1. The van der Waals surface area contributed by atoms with Crippen LogP contribution in [0, 0.1) is 6.92 Å². The second-order valence-corrected chi connectivity index (χ2v) is 6.25. The molecule has 0 radical (unpaired) electrons. The summed E-state index contributed by atoms with van der Waals surface area (Å²) in [6.45, 7) is 6.51. The number of aryl methyl sites for hydroxylation is 1. The molecule has 0 saturated heterocycles.